The highest BCUT2D eigenvalue weighted by Crippen LogP contribution is 2.50. The van der Waals surface area contributed by atoms with E-state index in [0.717, 1.165) is 88.2 Å². The minimum absolute atomic E-state index is 0.0424. The highest BCUT2D eigenvalue weighted by atomic mass is 15.0. The Labute approximate surface area is 526 Å². The molecule has 0 atom stereocenters. The number of aromatic nitrogens is 4. The van der Waals surface area contributed by atoms with Crippen LogP contribution in [0.5, 0.6) is 0 Å². The Kier molecular flexibility index (Phi) is 12.5. The molecule has 0 amide bonds. The Morgan fingerprint density at radius 1 is 0.256 bits per heavy atom. The van der Waals surface area contributed by atoms with Crippen LogP contribution in [0.1, 0.15) is 116 Å². The van der Waals surface area contributed by atoms with E-state index in [2.05, 4.69) is 332 Å². The van der Waals surface area contributed by atoms with Gasteiger partial charge in [-0.3, -0.25) is 0 Å². The monoisotopic (exact) mass is 1160 g/mol. The lowest BCUT2D eigenvalue weighted by Gasteiger charge is -2.25. The first-order valence-electron chi connectivity index (χ1n) is 31.5. The van der Waals surface area contributed by atoms with Crippen molar-refractivity contribution >= 4 is 87.2 Å². The highest BCUT2D eigenvalue weighted by molar-refractivity contribution is 6.15. The molecule has 0 bridgehead atoms. The third-order valence-corrected chi connectivity index (χ3v) is 19.1. The van der Waals surface area contributed by atoms with Crippen molar-refractivity contribution in [2.45, 2.75) is 105 Å². The third kappa shape index (κ3) is 8.64. The van der Waals surface area contributed by atoms with E-state index in [1.54, 1.807) is 0 Å². The molecule has 438 valence electrons. The fourth-order valence-electron chi connectivity index (χ4n) is 14.3. The van der Waals surface area contributed by atoms with Crippen molar-refractivity contribution in [1.29, 1.82) is 10.5 Å². The molecule has 0 aliphatic heterocycles. The molecule has 0 fully saturated rings. The molecule has 4 heterocycles. The lowest BCUT2D eigenvalue weighted by molar-refractivity contribution is 0.590. The van der Waals surface area contributed by atoms with Gasteiger partial charge in [-0.1, -0.05) is 204 Å². The Morgan fingerprint density at radius 2 is 0.489 bits per heavy atom. The summed E-state index contributed by atoms with van der Waals surface area (Å²) in [5.41, 5.74) is 20.4. The van der Waals surface area contributed by atoms with E-state index in [0.29, 0.717) is 33.6 Å². The Bertz CT molecular complexity index is 4970. The molecule has 11 aromatic carbocycles. The number of para-hydroxylation sites is 4. The predicted molar refractivity (Wildman–Crippen MR) is 379 cm³/mol. The van der Waals surface area contributed by atoms with Crippen LogP contribution < -0.4 is 0 Å². The van der Waals surface area contributed by atoms with E-state index in [1.165, 1.54) is 43.8 Å². The maximum absolute atomic E-state index is 12.5. The molecule has 90 heavy (non-hydrogen) atoms. The van der Waals surface area contributed by atoms with Gasteiger partial charge in [-0.15, -0.1) is 0 Å². The van der Waals surface area contributed by atoms with Gasteiger partial charge in [-0.25, -0.2) is 0 Å². The summed E-state index contributed by atoms with van der Waals surface area (Å²) in [5.74, 6) is 0. The maximum Gasteiger partial charge on any atom is 0.102 e. The minimum atomic E-state index is -0.0424. The molecule has 4 aromatic heterocycles. The standard InChI is InChI=1S/C84H72N6/c1-81(2,3)53-33-41-73-63(45-53)64-46-54(82(4,5)6)34-42-74(64)87(73)57-37-29-51(30-38-57)77-67(49-85)80(90-71-27-19-15-23-61(71)62-24-16-20-28-72(62)90)78(68(50-86)79(77)89-69-25-17-13-21-59(69)60-22-14-18-26-70(60)89)52-31-39-58(40-32-52)88-75-43-35-55(83(7,8)9)47-65(75)66-48-56(84(10,11)12)36-44-76(66)88/h13-48H,1-12H3. The zero-order valence-electron chi connectivity index (χ0n) is 53.5. The van der Waals surface area contributed by atoms with E-state index in [4.69, 9.17) is 0 Å². The Hall–Kier alpha value is -10.4. The van der Waals surface area contributed by atoms with E-state index in [-0.39, 0.29) is 21.7 Å². The number of nitriles is 2. The molecule has 0 aliphatic carbocycles. The quantitative estimate of drug-likeness (QED) is 0.166. The molecule has 0 saturated heterocycles. The number of nitrogens with zero attached hydrogens (tertiary/aromatic N) is 6. The molecule has 6 nitrogen and oxygen atoms in total. The molecule has 0 N–H and O–H groups in total. The van der Waals surface area contributed by atoms with Crippen LogP contribution in [0.25, 0.3) is 132 Å². The lowest BCUT2D eigenvalue weighted by Crippen LogP contribution is -2.11. The van der Waals surface area contributed by atoms with Crippen molar-refractivity contribution in [2.24, 2.45) is 0 Å². The molecule has 0 spiro atoms. The van der Waals surface area contributed by atoms with Crippen molar-refractivity contribution in [1.82, 2.24) is 18.3 Å². The van der Waals surface area contributed by atoms with Gasteiger partial charge in [0.05, 0.1) is 66.6 Å². The maximum atomic E-state index is 12.5. The second kappa shape index (κ2) is 20.1. The van der Waals surface area contributed by atoms with Gasteiger partial charge < -0.3 is 18.3 Å². The van der Waals surface area contributed by atoms with Gasteiger partial charge in [0.25, 0.3) is 0 Å². The second-order valence-electron chi connectivity index (χ2n) is 28.9. The van der Waals surface area contributed by atoms with Crippen LogP contribution in [0.4, 0.5) is 0 Å². The molecule has 0 saturated carbocycles. The fourth-order valence-corrected chi connectivity index (χ4v) is 14.3. The van der Waals surface area contributed by atoms with Crippen molar-refractivity contribution < 1.29 is 0 Å². The minimum Gasteiger partial charge on any atom is -0.309 e. The zero-order valence-corrected chi connectivity index (χ0v) is 53.5. The van der Waals surface area contributed by atoms with Gasteiger partial charge in [0, 0.05) is 65.6 Å². The van der Waals surface area contributed by atoms with E-state index in [9.17, 15) is 10.5 Å². The van der Waals surface area contributed by atoms with Gasteiger partial charge in [0.2, 0.25) is 0 Å². The summed E-state index contributed by atoms with van der Waals surface area (Å²) in [5, 5.41) is 34.1. The summed E-state index contributed by atoms with van der Waals surface area (Å²) in [6, 6.07) is 84.9. The molecule has 0 radical (unpaired) electrons. The average molecular weight is 1170 g/mol. The molecule has 0 aliphatic rings. The number of hydrogen-bond acceptors (Lipinski definition) is 2. The summed E-state index contributed by atoms with van der Waals surface area (Å²) in [6.07, 6.45) is 0. The third-order valence-electron chi connectivity index (χ3n) is 19.1. The molecule has 15 rings (SSSR count). The Morgan fingerprint density at radius 3 is 0.722 bits per heavy atom. The first-order valence-corrected chi connectivity index (χ1v) is 31.5. The Balaban J connectivity index is 1.04. The summed E-state index contributed by atoms with van der Waals surface area (Å²) >= 11 is 0. The van der Waals surface area contributed by atoms with E-state index >= 15 is 0 Å². The highest BCUT2D eigenvalue weighted by Gasteiger charge is 2.33. The molecular formula is C84H72N6. The van der Waals surface area contributed by atoms with Crippen LogP contribution >= 0.6 is 0 Å². The molecular weight excluding hydrogens is 1090 g/mol. The van der Waals surface area contributed by atoms with Gasteiger partial charge in [0.15, 0.2) is 0 Å². The number of fused-ring (bicyclic) bond motifs is 12. The number of rotatable bonds is 6. The largest absolute Gasteiger partial charge is 0.309 e. The summed E-state index contributed by atoms with van der Waals surface area (Å²) in [7, 11) is 0. The van der Waals surface area contributed by atoms with Gasteiger partial charge in [-0.05, 0) is 152 Å². The molecule has 6 heteroatoms. The van der Waals surface area contributed by atoms with Crippen molar-refractivity contribution in [3.05, 3.63) is 252 Å². The van der Waals surface area contributed by atoms with Crippen molar-refractivity contribution in [3.8, 4) is 57.1 Å². The molecule has 15 aromatic rings. The van der Waals surface area contributed by atoms with Gasteiger partial charge in [-0.2, -0.15) is 10.5 Å². The van der Waals surface area contributed by atoms with Crippen molar-refractivity contribution in [3.63, 3.8) is 0 Å². The topological polar surface area (TPSA) is 67.3 Å². The fraction of sp³-hybridized carbons (Fsp3) is 0.190. The zero-order chi connectivity index (χ0) is 62.5. The first kappa shape index (κ1) is 56.1. The van der Waals surface area contributed by atoms with Crippen LogP contribution in [-0.4, -0.2) is 18.3 Å². The van der Waals surface area contributed by atoms with E-state index < -0.39 is 0 Å². The number of benzene rings is 11. The van der Waals surface area contributed by atoms with E-state index in [1.807, 2.05) is 0 Å². The van der Waals surface area contributed by atoms with Crippen LogP contribution in [0.3, 0.4) is 0 Å². The van der Waals surface area contributed by atoms with Gasteiger partial charge >= 0.3 is 0 Å². The van der Waals surface area contributed by atoms with Crippen LogP contribution in [0, 0.1) is 22.7 Å². The predicted octanol–water partition coefficient (Wildman–Crippen LogP) is 22.3. The van der Waals surface area contributed by atoms with Crippen molar-refractivity contribution in [2.75, 3.05) is 0 Å². The second-order valence-corrected chi connectivity index (χ2v) is 28.9. The van der Waals surface area contributed by atoms with Gasteiger partial charge in [0.1, 0.15) is 12.1 Å². The first-order chi connectivity index (χ1) is 43.1. The van der Waals surface area contributed by atoms with Crippen LogP contribution in [-0.2, 0) is 21.7 Å². The van der Waals surface area contributed by atoms with Crippen LogP contribution in [0.15, 0.2) is 218 Å². The average Bonchev–Trinajstić information content (AvgIpc) is 1.36. The summed E-state index contributed by atoms with van der Waals surface area (Å²) < 4.78 is 9.27. The normalized spacial score (nSPS) is 12.6. The SMILES string of the molecule is CC(C)(C)c1ccc2c(c1)c1cc(C(C)(C)C)ccc1n2-c1ccc(-c2c(C#N)c(-n3c4ccccc4c4ccccc43)c(-c3ccc(-n4c5ccc(C(C)(C)C)cc5c5cc(C(C)(C)C)ccc54)cc3)c(C#N)c2-n2c3ccccc3c3ccccc32)cc1. The summed E-state index contributed by atoms with van der Waals surface area (Å²) in [6.45, 7) is 27.3. The smallest absolute Gasteiger partial charge is 0.102 e. The number of hydrogen-bond donors (Lipinski definition) is 0. The molecule has 0 unspecified atom stereocenters. The lowest BCUT2D eigenvalue weighted by atomic mass is 9.85. The summed E-state index contributed by atoms with van der Waals surface area (Å²) in [4.78, 5) is 0. The van der Waals surface area contributed by atoms with Crippen LogP contribution in [0.2, 0.25) is 0 Å².